The van der Waals surface area contributed by atoms with Crippen molar-refractivity contribution >= 4 is 38.0 Å². The Kier molecular flexibility index (Phi) is 7.00. The molecule has 1 N–H and O–H groups in total. The summed E-state index contributed by atoms with van der Waals surface area (Å²) in [6, 6.07) is 23.9. The first-order valence-electron chi connectivity index (χ1n) is 8.84. The predicted octanol–water partition coefficient (Wildman–Crippen LogP) is 5.64. The number of esters is 1. The Balaban J connectivity index is 2.30. The van der Waals surface area contributed by atoms with Gasteiger partial charge in [0, 0.05) is 0 Å². The van der Waals surface area contributed by atoms with Gasteiger partial charge < -0.3 is 4.74 Å². The van der Waals surface area contributed by atoms with Crippen LogP contribution in [0.4, 0.5) is 8.78 Å². The summed E-state index contributed by atoms with van der Waals surface area (Å²) in [7, 11) is -8.79. The van der Waals surface area contributed by atoms with Crippen molar-refractivity contribution in [3.05, 3.63) is 91.0 Å². The maximum Gasteiger partial charge on any atom is 0.514 e. The van der Waals surface area contributed by atoms with E-state index in [9.17, 15) is 22.0 Å². The Morgan fingerprint density at radius 1 is 0.806 bits per heavy atom. The molecule has 0 saturated carbocycles. The normalized spacial score (nSPS) is 12.9. The number of hydrogen-bond donors (Lipinski definition) is 0. The first kappa shape index (κ1) is 23.2. The van der Waals surface area contributed by atoms with Crippen molar-refractivity contribution in [1.29, 1.82) is 0 Å². The van der Waals surface area contributed by atoms with E-state index < -0.39 is 37.7 Å². The van der Waals surface area contributed by atoms with E-state index in [1.165, 1.54) is 0 Å². The van der Waals surface area contributed by atoms with Crippen molar-refractivity contribution in [2.75, 3.05) is 6.07 Å². The summed E-state index contributed by atoms with van der Waals surface area (Å²) >= 11 is 5.18. The van der Waals surface area contributed by atoms with Crippen molar-refractivity contribution < 1.29 is 30.4 Å². The van der Waals surface area contributed by atoms with Gasteiger partial charge in [-0.15, -0.1) is 8.42 Å². The summed E-state index contributed by atoms with van der Waals surface area (Å²) in [6.07, 6.45) is 0. The Hall–Kier alpha value is -2.46. The van der Waals surface area contributed by atoms with Crippen LogP contribution in [-0.2, 0) is 19.6 Å². The van der Waals surface area contributed by atoms with Crippen molar-refractivity contribution in [3.8, 4) is 0 Å². The molecule has 0 bridgehead atoms. The average Bonchev–Trinajstić information content (AvgIpc) is 2.79. The summed E-state index contributed by atoms with van der Waals surface area (Å²) < 4.78 is 62.9. The molecule has 3 aromatic carbocycles. The second-order valence-electron chi connectivity index (χ2n) is 6.13. The van der Waals surface area contributed by atoms with Crippen molar-refractivity contribution in [1.82, 2.24) is 0 Å². The maximum absolute atomic E-state index is 14.7. The Bertz CT molecular complexity index is 1030. The minimum absolute atomic E-state index is 0.400. The van der Waals surface area contributed by atoms with Crippen molar-refractivity contribution in [2.45, 2.75) is 19.9 Å². The van der Waals surface area contributed by atoms with Gasteiger partial charge in [0.1, 0.15) is 0 Å². The molecule has 10 heteroatoms. The fraction of sp³-hybridized carbons (Fsp3) is 0.0952. The Labute approximate surface area is 185 Å². The molecule has 0 amide bonds. The standard InChI is InChI=1S/C21H17ClF2O5S2/c22-16-28-20(25)21(23,24)31(26,27)29-30(17-10-4-1-5-11-17,18-12-6-2-7-13-18)19-14-8-3-9-15-19/h1-15H,16H2/p+1. The van der Waals surface area contributed by atoms with Gasteiger partial charge in [-0.2, -0.15) is 8.78 Å². The zero-order valence-corrected chi connectivity index (χ0v) is 18.3. The SMILES string of the molecule is O=C(OCCl)C(F)(F)S(=O)(=O)[OH+]S(c1ccccc1)(c1ccccc1)c1ccccc1. The molecule has 0 aliphatic carbocycles. The third-order valence-corrected chi connectivity index (χ3v) is 9.68. The molecule has 5 nitrogen and oxygen atoms in total. The van der Waals surface area contributed by atoms with E-state index >= 15 is 0 Å². The molecule has 0 fully saturated rings. The molecular formula is C21H18ClF2O5S2+. The summed E-state index contributed by atoms with van der Waals surface area (Å²) in [5.74, 6) is -2.28. The number of carbonyl (C=O) groups is 1. The van der Waals surface area contributed by atoms with E-state index in [0.29, 0.717) is 14.7 Å². The van der Waals surface area contributed by atoms with Crippen LogP contribution in [0.25, 0.3) is 0 Å². The highest BCUT2D eigenvalue weighted by atomic mass is 35.5. The van der Waals surface area contributed by atoms with Crippen LogP contribution in [0.5, 0.6) is 0 Å². The molecule has 164 valence electrons. The van der Waals surface area contributed by atoms with Gasteiger partial charge in [-0.25, -0.2) is 4.79 Å². The van der Waals surface area contributed by atoms with Crippen LogP contribution in [0, 0.1) is 0 Å². The maximum atomic E-state index is 14.7. The fourth-order valence-corrected chi connectivity index (χ4v) is 8.25. The second-order valence-corrected chi connectivity index (χ2v) is 11.0. The molecule has 3 aromatic rings. The highest BCUT2D eigenvalue weighted by Crippen LogP contribution is 2.68. The minimum atomic E-state index is -5.69. The van der Waals surface area contributed by atoms with Crippen LogP contribution >= 0.6 is 21.9 Å². The fourth-order valence-electron chi connectivity index (χ4n) is 2.82. The monoisotopic (exact) mass is 487 g/mol. The molecular weight excluding hydrogens is 470 g/mol. The number of halogens is 3. The summed E-state index contributed by atoms with van der Waals surface area (Å²) in [6.45, 7) is 0. The van der Waals surface area contributed by atoms with Crippen LogP contribution in [0.15, 0.2) is 106 Å². The van der Waals surface area contributed by atoms with Crippen LogP contribution < -0.4 is 0 Å². The zero-order chi connectivity index (χ0) is 22.5. The quantitative estimate of drug-likeness (QED) is 0.178. The first-order chi connectivity index (χ1) is 14.8. The van der Waals surface area contributed by atoms with Gasteiger partial charge in [0.05, 0.1) is 25.0 Å². The van der Waals surface area contributed by atoms with Gasteiger partial charge in [-0.3, -0.25) is 3.63 Å². The number of benzene rings is 3. The Morgan fingerprint density at radius 2 is 1.16 bits per heavy atom. The van der Waals surface area contributed by atoms with Gasteiger partial charge >= 0.3 is 21.3 Å². The highest BCUT2D eigenvalue weighted by Gasteiger charge is 2.63. The van der Waals surface area contributed by atoms with E-state index in [2.05, 4.69) is 8.37 Å². The lowest BCUT2D eigenvalue weighted by Crippen LogP contribution is -2.42. The van der Waals surface area contributed by atoms with Crippen LogP contribution in [0.1, 0.15) is 0 Å². The summed E-state index contributed by atoms with van der Waals surface area (Å²) in [5.41, 5.74) is 0. The molecule has 31 heavy (non-hydrogen) atoms. The lowest BCUT2D eigenvalue weighted by atomic mass is 10.4. The number of carbonyl (C=O) groups excluding carboxylic acids is 1. The highest BCUT2D eigenvalue weighted by molar-refractivity contribution is 8.32. The van der Waals surface area contributed by atoms with Gasteiger partial charge in [0.25, 0.3) is 0 Å². The van der Waals surface area contributed by atoms with Crippen molar-refractivity contribution in [2.24, 2.45) is 0 Å². The van der Waals surface area contributed by atoms with E-state index in [4.69, 9.17) is 11.6 Å². The Morgan fingerprint density at radius 3 is 1.48 bits per heavy atom. The third kappa shape index (κ3) is 4.45. The van der Waals surface area contributed by atoms with Gasteiger partial charge in [0.15, 0.2) is 6.07 Å². The largest absolute Gasteiger partial charge is 0.514 e. The molecule has 0 unspecified atom stereocenters. The zero-order valence-electron chi connectivity index (χ0n) is 15.9. The van der Waals surface area contributed by atoms with E-state index in [1.807, 2.05) is 0 Å². The molecule has 0 atom stereocenters. The number of ether oxygens (including phenoxy) is 1. The molecule has 0 spiro atoms. The molecule has 0 heterocycles. The molecule has 0 radical (unpaired) electrons. The lowest BCUT2D eigenvalue weighted by molar-refractivity contribution is -0.159. The minimum Gasteiger partial charge on any atom is -0.444 e. The molecule has 0 saturated heterocycles. The van der Waals surface area contributed by atoms with Crippen LogP contribution in [0.2, 0.25) is 0 Å². The third-order valence-electron chi connectivity index (χ3n) is 4.21. The second kappa shape index (κ2) is 9.35. The molecule has 0 aromatic heterocycles. The summed E-state index contributed by atoms with van der Waals surface area (Å²) in [4.78, 5) is 12.9. The van der Waals surface area contributed by atoms with E-state index in [-0.39, 0.29) is 0 Å². The number of rotatable bonds is 8. The number of hydrogen-bond acceptors (Lipinski definition) is 4. The predicted molar refractivity (Wildman–Crippen MR) is 115 cm³/mol. The molecule has 0 aliphatic rings. The van der Waals surface area contributed by atoms with Crippen LogP contribution in [-0.4, -0.2) is 29.3 Å². The topological polar surface area (TPSA) is 73.2 Å². The molecule has 0 aliphatic heterocycles. The van der Waals surface area contributed by atoms with Crippen molar-refractivity contribution in [3.63, 3.8) is 0 Å². The summed E-state index contributed by atoms with van der Waals surface area (Å²) in [5, 5.41) is -4.92. The molecule has 3 rings (SSSR count). The first-order valence-corrected chi connectivity index (χ1v) is 12.4. The average molecular weight is 488 g/mol. The van der Waals surface area contributed by atoms with Gasteiger partial charge in [0.2, 0.25) is 0 Å². The van der Waals surface area contributed by atoms with Gasteiger partial charge in [-0.1, -0.05) is 66.2 Å². The van der Waals surface area contributed by atoms with Gasteiger partial charge in [-0.05, 0) is 36.4 Å². The smallest absolute Gasteiger partial charge is 0.444 e. The van der Waals surface area contributed by atoms with E-state index in [0.717, 1.165) is 0 Å². The lowest BCUT2D eigenvalue weighted by Gasteiger charge is -2.35. The number of alkyl halides is 3. The van der Waals surface area contributed by atoms with E-state index in [1.54, 1.807) is 91.0 Å². The van der Waals surface area contributed by atoms with Crippen LogP contribution in [0.3, 0.4) is 0 Å².